The summed E-state index contributed by atoms with van der Waals surface area (Å²) in [5, 5.41) is 5.14. The quantitative estimate of drug-likeness (QED) is 0.417. The average Bonchev–Trinajstić information content (AvgIpc) is 2.95. The number of methoxy groups -OCH3 is 1. The van der Waals surface area contributed by atoms with Gasteiger partial charge in [-0.05, 0) is 24.6 Å². The highest BCUT2D eigenvalue weighted by atomic mass is 32.1. The summed E-state index contributed by atoms with van der Waals surface area (Å²) < 4.78 is 36.3. The molecular formula is C18H19F2N3O5S. The summed E-state index contributed by atoms with van der Waals surface area (Å²) in [6, 6.07) is 2.75. The van der Waals surface area contributed by atoms with Gasteiger partial charge in [0.1, 0.15) is 23.2 Å². The van der Waals surface area contributed by atoms with E-state index in [1.165, 1.54) is 14.0 Å². The molecule has 0 atom stereocenters. The van der Waals surface area contributed by atoms with Crippen molar-refractivity contribution in [1.29, 1.82) is 0 Å². The zero-order valence-corrected chi connectivity index (χ0v) is 16.5. The van der Waals surface area contributed by atoms with E-state index in [0.29, 0.717) is 6.07 Å². The molecule has 0 fully saturated rings. The van der Waals surface area contributed by atoms with Gasteiger partial charge in [0.05, 0.1) is 23.6 Å². The van der Waals surface area contributed by atoms with Crippen LogP contribution in [0.1, 0.15) is 25.6 Å². The zero-order chi connectivity index (χ0) is 21.6. The highest BCUT2D eigenvalue weighted by Crippen LogP contribution is 2.33. The number of carbonyl (C=O) groups is 3. The number of rotatable bonds is 9. The van der Waals surface area contributed by atoms with E-state index in [1.54, 1.807) is 0 Å². The molecule has 0 radical (unpaired) electrons. The van der Waals surface area contributed by atoms with E-state index < -0.39 is 29.4 Å². The molecular weight excluding hydrogens is 408 g/mol. The van der Waals surface area contributed by atoms with E-state index in [4.69, 9.17) is 15.2 Å². The second-order valence-electron chi connectivity index (χ2n) is 5.81. The molecule has 29 heavy (non-hydrogen) atoms. The Balaban J connectivity index is 2.15. The molecule has 0 bridgehead atoms. The van der Waals surface area contributed by atoms with Gasteiger partial charge in [-0.2, -0.15) is 0 Å². The normalized spacial score (nSPS) is 10.5. The number of amides is 2. The van der Waals surface area contributed by atoms with Gasteiger partial charge in [0.15, 0.2) is 0 Å². The van der Waals surface area contributed by atoms with Crippen molar-refractivity contribution in [3.63, 3.8) is 0 Å². The number of thiophene rings is 1. The summed E-state index contributed by atoms with van der Waals surface area (Å²) in [6.07, 6.45) is 0. The van der Waals surface area contributed by atoms with Crippen molar-refractivity contribution in [2.75, 3.05) is 37.5 Å². The number of nitrogens with one attached hydrogen (secondary N) is 2. The van der Waals surface area contributed by atoms with Crippen LogP contribution in [0.15, 0.2) is 18.2 Å². The number of carbonyl (C=O) groups excluding carboxylic acids is 3. The van der Waals surface area contributed by atoms with Crippen LogP contribution in [0.5, 0.6) is 0 Å². The minimum atomic E-state index is -0.797. The second kappa shape index (κ2) is 9.94. The third-order valence-corrected chi connectivity index (χ3v) is 4.89. The number of anilines is 2. The van der Waals surface area contributed by atoms with Crippen molar-refractivity contribution in [1.82, 2.24) is 0 Å². The monoisotopic (exact) mass is 427 g/mol. The largest absolute Gasteiger partial charge is 0.460 e. The number of primary amides is 1. The summed E-state index contributed by atoms with van der Waals surface area (Å²) in [5.74, 6) is -3.72. The molecule has 1 aromatic heterocycles. The number of esters is 1. The van der Waals surface area contributed by atoms with Crippen LogP contribution in [-0.2, 0) is 14.3 Å². The fourth-order valence-corrected chi connectivity index (χ4v) is 3.44. The van der Waals surface area contributed by atoms with Crippen LogP contribution in [0.4, 0.5) is 19.5 Å². The van der Waals surface area contributed by atoms with E-state index in [9.17, 15) is 23.2 Å². The third kappa shape index (κ3) is 5.96. The summed E-state index contributed by atoms with van der Waals surface area (Å²) in [4.78, 5) is 36.3. The zero-order valence-electron chi connectivity index (χ0n) is 15.6. The van der Waals surface area contributed by atoms with E-state index in [1.807, 2.05) is 0 Å². The Morgan fingerprint density at radius 1 is 1.14 bits per heavy atom. The first kappa shape index (κ1) is 22.2. The Kier molecular flexibility index (Phi) is 7.62. The van der Waals surface area contributed by atoms with E-state index >= 15 is 0 Å². The predicted octanol–water partition coefficient (Wildman–Crippen LogP) is 2.29. The van der Waals surface area contributed by atoms with Crippen molar-refractivity contribution in [3.05, 3.63) is 45.8 Å². The maximum Gasteiger partial charge on any atom is 0.341 e. The molecule has 11 heteroatoms. The van der Waals surface area contributed by atoms with Gasteiger partial charge in [0.25, 0.3) is 5.91 Å². The number of halogens is 2. The summed E-state index contributed by atoms with van der Waals surface area (Å²) >= 11 is 0.830. The summed E-state index contributed by atoms with van der Waals surface area (Å²) in [6.45, 7) is 1.32. The topological polar surface area (TPSA) is 120 Å². The molecule has 4 N–H and O–H groups in total. The van der Waals surface area contributed by atoms with Crippen molar-refractivity contribution in [2.45, 2.75) is 6.92 Å². The maximum atomic E-state index is 13.2. The smallest absolute Gasteiger partial charge is 0.341 e. The van der Waals surface area contributed by atoms with Crippen LogP contribution < -0.4 is 16.4 Å². The lowest BCUT2D eigenvalue weighted by atomic mass is 10.1. The molecule has 2 aromatic rings. The number of ether oxygens (including phenoxy) is 2. The molecule has 0 saturated heterocycles. The van der Waals surface area contributed by atoms with Crippen molar-refractivity contribution in [2.24, 2.45) is 5.73 Å². The van der Waals surface area contributed by atoms with Gasteiger partial charge in [-0.3, -0.25) is 9.59 Å². The second-order valence-corrected chi connectivity index (χ2v) is 6.83. The van der Waals surface area contributed by atoms with Crippen LogP contribution in [-0.4, -0.2) is 44.7 Å². The number of benzene rings is 1. The highest BCUT2D eigenvalue weighted by Gasteiger charge is 2.25. The Morgan fingerprint density at radius 2 is 1.79 bits per heavy atom. The fourth-order valence-electron chi connectivity index (χ4n) is 2.38. The molecule has 0 aliphatic rings. The van der Waals surface area contributed by atoms with Crippen molar-refractivity contribution < 1.29 is 32.6 Å². The molecule has 8 nitrogen and oxygen atoms in total. The molecule has 2 rings (SSSR count). The van der Waals surface area contributed by atoms with Gasteiger partial charge in [0, 0.05) is 18.9 Å². The standard InChI is InChI=1S/C18H19F2N3O5S/c1-9-14(18(26)28-4-3-27-2)17(29-15(9)16(21)25)23-13(24)8-22-12-6-10(19)5-11(20)7-12/h5-7,22H,3-4,8H2,1-2H3,(H2,21,25)(H,23,24). The van der Waals surface area contributed by atoms with Crippen LogP contribution in [0.2, 0.25) is 0 Å². The molecule has 0 spiro atoms. The van der Waals surface area contributed by atoms with Crippen LogP contribution >= 0.6 is 11.3 Å². The first-order chi connectivity index (χ1) is 13.7. The molecule has 1 aromatic carbocycles. The molecule has 0 aliphatic heterocycles. The Hall–Kier alpha value is -3.05. The van der Waals surface area contributed by atoms with Gasteiger partial charge in [-0.25, -0.2) is 13.6 Å². The number of nitrogens with two attached hydrogens (primary N) is 1. The van der Waals surface area contributed by atoms with Gasteiger partial charge in [-0.15, -0.1) is 11.3 Å². The van der Waals surface area contributed by atoms with E-state index in [-0.39, 0.29) is 46.5 Å². The fraction of sp³-hybridized carbons (Fsp3) is 0.278. The molecule has 0 unspecified atom stereocenters. The van der Waals surface area contributed by atoms with Crippen LogP contribution in [0.25, 0.3) is 0 Å². The average molecular weight is 427 g/mol. The highest BCUT2D eigenvalue weighted by molar-refractivity contribution is 7.18. The van der Waals surface area contributed by atoms with Crippen molar-refractivity contribution >= 4 is 39.8 Å². The van der Waals surface area contributed by atoms with E-state index in [2.05, 4.69) is 10.6 Å². The molecule has 1 heterocycles. The molecule has 0 saturated carbocycles. The Morgan fingerprint density at radius 3 is 2.38 bits per heavy atom. The first-order valence-corrected chi connectivity index (χ1v) is 9.13. The molecule has 0 aliphatic carbocycles. The molecule has 2 amide bonds. The lowest BCUT2D eigenvalue weighted by Crippen LogP contribution is -2.23. The summed E-state index contributed by atoms with van der Waals surface area (Å²) in [7, 11) is 1.44. The lowest BCUT2D eigenvalue weighted by Gasteiger charge is -2.09. The van der Waals surface area contributed by atoms with Crippen LogP contribution in [0.3, 0.4) is 0 Å². The number of hydrogen-bond donors (Lipinski definition) is 3. The van der Waals surface area contributed by atoms with Crippen molar-refractivity contribution in [3.8, 4) is 0 Å². The third-order valence-electron chi connectivity index (χ3n) is 3.66. The first-order valence-electron chi connectivity index (χ1n) is 8.32. The SMILES string of the molecule is COCCOC(=O)c1c(NC(=O)CNc2cc(F)cc(F)c2)sc(C(N)=O)c1C. The molecule has 156 valence electrons. The minimum Gasteiger partial charge on any atom is -0.460 e. The Bertz CT molecular complexity index is 912. The lowest BCUT2D eigenvalue weighted by molar-refractivity contribution is -0.114. The van der Waals surface area contributed by atoms with Gasteiger partial charge in [-0.1, -0.05) is 0 Å². The minimum absolute atomic E-state index is 0.00468. The Labute approximate surface area is 169 Å². The summed E-state index contributed by atoms with van der Waals surface area (Å²) in [5.41, 5.74) is 5.67. The van der Waals surface area contributed by atoms with Gasteiger partial charge >= 0.3 is 5.97 Å². The predicted molar refractivity (Wildman–Crippen MR) is 103 cm³/mol. The maximum absolute atomic E-state index is 13.2. The van der Waals surface area contributed by atoms with Gasteiger partial charge < -0.3 is 25.8 Å². The van der Waals surface area contributed by atoms with Crippen LogP contribution in [0, 0.1) is 18.6 Å². The number of hydrogen-bond acceptors (Lipinski definition) is 7. The van der Waals surface area contributed by atoms with E-state index in [0.717, 1.165) is 23.5 Å². The van der Waals surface area contributed by atoms with Gasteiger partial charge in [0.2, 0.25) is 5.91 Å².